The number of rotatable bonds is 0. The molecule has 5 aromatic carbocycles. The second-order valence-corrected chi connectivity index (χ2v) is 8.79. The van der Waals surface area contributed by atoms with E-state index in [0.29, 0.717) is 0 Å². The third-order valence-corrected chi connectivity index (χ3v) is 7.42. The van der Waals surface area contributed by atoms with Crippen LogP contribution in [0.4, 0.5) is 0 Å². The third-order valence-electron chi connectivity index (χ3n) is 6.20. The minimum absolute atomic E-state index is 0.0119. The topological polar surface area (TPSA) is 32.9 Å². The normalized spacial score (nSPS) is 12.1. The molecule has 0 amide bonds. The zero-order valence-corrected chi connectivity index (χ0v) is 16.7. The highest BCUT2D eigenvalue weighted by Gasteiger charge is 2.19. The van der Waals surface area contributed by atoms with Gasteiger partial charge < -0.3 is 4.98 Å². The van der Waals surface area contributed by atoms with Crippen LogP contribution in [0, 0.1) is 0 Å². The first-order valence-electron chi connectivity index (χ1n) is 10.0. The third kappa shape index (κ3) is 1.95. The summed E-state index contributed by atoms with van der Waals surface area (Å²) >= 11 is 1.61. The summed E-state index contributed by atoms with van der Waals surface area (Å²) in [6.45, 7) is 0. The van der Waals surface area contributed by atoms with Crippen LogP contribution in [0.15, 0.2) is 89.7 Å². The second kappa shape index (κ2) is 5.68. The maximum atomic E-state index is 13.1. The summed E-state index contributed by atoms with van der Waals surface area (Å²) in [5.41, 5.74) is 0.880. The minimum atomic E-state index is -0.0119. The average Bonchev–Trinajstić information content (AvgIpc) is 3.21. The Morgan fingerprint density at radius 3 is 1.97 bits per heavy atom. The molecule has 0 aliphatic heterocycles. The number of thiophene rings is 1. The van der Waals surface area contributed by atoms with Crippen molar-refractivity contribution in [2.24, 2.45) is 0 Å². The number of benzene rings is 5. The summed E-state index contributed by atoms with van der Waals surface area (Å²) in [6.07, 6.45) is 0. The molecule has 30 heavy (non-hydrogen) atoms. The van der Waals surface area contributed by atoms with Crippen LogP contribution in [0.25, 0.3) is 63.4 Å². The SMILES string of the molecule is O=c1[nH]c2ccc3ccccc3c2c2c1sc1c3ccccc3c3ccccc3c12. The van der Waals surface area contributed by atoms with Crippen LogP contribution < -0.4 is 5.56 Å². The predicted octanol–water partition coefficient (Wildman–Crippen LogP) is 7.36. The van der Waals surface area contributed by atoms with Gasteiger partial charge in [0.1, 0.15) is 4.70 Å². The van der Waals surface area contributed by atoms with Gasteiger partial charge in [-0.05, 0) is 33.0 Å². The summed E-state index contributed by atoms with van der Waals surface area (Å²) in [5, 5.41) is 10.6. The fourth-order valence-corrected chi connectivity index (χ4v) is 6.21. The van der Waals surface area contributed by atoms with E-state index < -0.39 is 0 Å². The maximum absolute atomic E-state index is 13.1. The van der Waals surface area contributed by atoms with Crippen molar-refractivity contribution in [2.45, 2.75) is 0 Å². The van der Waals surface area contributed by atoms with E-state index >= 15 is 0 Å². The van der Waals surface area contributed by atoms with E-state index in [1.165, 1.54) is 42.4 Å². The van der Waals surface area contributed by atoms with Gasteiger partial charge >= 0.3 is 0 Å². The van der Waals surface area contributed by atoms with Crippen LogP contribution in [-0.4, -0.2) is 4.98 Å². The van der Waals surface area contributed by atoms with Crippen molar-refractivity contribution < 1.29 is 0 Å². The Hall–Kier alpha value is -3.69. The lowest BCUT2D eigenvalue weighted by Gasteiger charge is -2.09. The molecule has 7 rings (SSSR count). The molecule has 2 nitrogen and oxygen atoms in total. The highest BCUT2D eigenvalue weighted by atomic mass is 32.1. The molecule has 140 valence electrons. The molecule has 0 unspecified atom stereocenters. The van der Waals surface area contributed by atoms with Crippen molar-refractivity contribution in [3.63, 3.8) is 0 Å². The van der Waals surface area contributed by atoms with Gasteiger partial charge in [0, 0.05) is 31.8 Å². The van der Waals surface area contributed by atoms with Gasteiger partial charge in [-0.3, -0.25) is 4.79 Å². The summed E-state index contributed by atoms with van der Waals surface area (Å²) < 4.78 is 1.99. The lowest BCUT2D eigenvalue weighted by molar-refractivity contribution is 1.36. The van der Waals surface area contributed by atoms with Gasteiger partial charge in [-0.25, -0.2) is 0 Å². The molecule has 0 spiro atoms. The fourth-order valence-electron chi connectivity index (χ4n) is 4.95. The molecule has 0 radical (unpaired) electrons. The van der Waals surface area contributed by atoms with Crippen molar-refractivity contribution >= 4 is 74.7 Å². The summed E-state index contributed by atoms with van der Waals surface area (Å²) in [5.74, 6) is 0. The van der Waals surface area contributed by atoms with Crippen LogP contribution in [0.1, 0.15) is 0 Å². The van der Waals surface area contributed by atoms with Crippen molar-refractivity contribution in [2.75, 3.05) is 0 Å². The Morgan fingerprint density at radius 2 is 1.17 bits per heavy atom. The molecule has 3 heteroatoms. The highest BCUT2D eigenvalue weighted by molar-refractivity contribution is 7.27. The van der Waals surface area contributed by atoms with Crippen LogP contribution in [0.5, 0.6) is 0 Å². The molecule has 0 aliphatic rings. The zero-order valence-electron chi connectivity index (χ0n) is 15.9. The molecule has 0 saturated carbocycles. The number of H-pyrrole nitrogens is 1. The number of aromatic nitrogens is 1. The van der Waals surface area contributed by atoms with E-state index in [1.54, 1.807) is 11.3 Å². The summed E-state index contributed by atoms with van der Waals surface area (Å²) in [4.78, 5) is 16.3. The van der Waals surface area contributed by atoms with Crippen molar-refractivity contribution in [3.05, 3.63) is 95.3 Å². The lowest BCUT2D eigenvalue weighted by atomic mass is 9.95. The molecule has 2 aromatic heterocycles. The van der Waals surface area contributed by atoms with E-state index in [1.807, 2.05) is 6.07 Å². The van der Waals surface area contributed by atoms with E-state index in [-0.39, 0.29) is 5.56 Å². The minimum Gasteiger partial charge on any atom is -0.321 e. The molecule has 0 fully saturated rings. The van der Waals surface area contributed by atoms with Gasteiger partial charge in [0.25, 0.3) is 5.56 Å². The molecule has 0 atom stereocenters. The Bertz CT molecular complexity index is 1870. The summed E-state index contributed by atoms with van der Waals surface area (Å²) in [7, 11) is 0. The van der Waals surface area contributed by atoms with Crippen molar-refractivity contribution in [1.82, 2.24) is 4.98 Å². The van der Waals surface area contributed by atoms with Crippen LogP contribution in [-0.2, 0) is 0 Å². The first-order chi connectivity index (χ1) is 14.8. The smallest absolute Gasteiger partial charge is 0.266 e. The molecule has 0 saturated heterocycles. The van der Waals surface area contributed by atoms with Gasteiger partial charge in [0.15, 0.2) is 0 Å². The van der Waals surface area contributed by atoms with Crippen LogP contribution in [0.3, 0.4) is 0 Å². The Balaban J connectivity index is 1.93. The van der Waals surface area contributed by atoms with E-state index in [2.05, 4.69) is 83.8 Å². The molecule has 0 aliphatic carbocycles. The number of pyridine rings is 1. The standard InChI is InChI=1S/C27H15NOS/c29-27-26-24(22-16-8-2-1-7-15(16)13-14-21(22)28-27)23-19-11-5-3-9-17(19)18-10-4-6-12-20(18)25(23)30-26/h1-14H,(H,28,29). The first kappa shape index (κ1) is 16.1. The largest absolute Gasteiger partial charge is 0.321 e. The first-order valence-corrected chi connectivity index (χ1v) is 10.8. The van der Waals surface area contributed by atoms with Gasteiger partial charge in [0.05, 0.1) is 0 Å². The Kier molecular flexibility index (Phi) is 3.06. The number of aromatic amines is 1. The summed E-state index contributed by atoms with van der Waals surface area (Å²) in [6, 6.07) is 29.6. The monoisotopic (exact) mass is 401 g/mol. The quantitative estimate of drug-likeness (QED) is 0.265. The van der Waals surface area contributed by atoms with Gasteiger partial charge in [-0.1, -0.05) is 78.9 Å². The van der Waals surface area contributed by atoms with Crippen molar-refractivity contribution in [3.8, 4) is 0 Å². The Labute approximate surface area is 175 Å². The predicted molar refractivity (Wildman–Crippen MR) is 130 cm³/mol. The Morgan fingerprint density at radius 1 is 0.533 bits per heavy atom. The van der Waals surface area contributed by atoms with Crippen LogP contribution >= 0.6 is 11.3 Å². The second-order valence-electron chi connectivity index (χ2n) is 7.76. The molecule has 1 N–H and O–H groups in total. The van der Waals surface area contributed by atoms with E-state index in [0.717, 1.165) is 21.0 Å². The molecule has 2 heterocycles. The van der Waals surface area contributed by atoms with E-state index in [4.69, 9.17) is 0 Å². The van der Waals surface area contributed by atoms with Gasteiger partial charge in [-0.15, -0.1) is 11.3 Å². The average molecular weight is 401 g/mol. The number of nitrogens with one attached hydrogen (secondary N) is 1. The molecular weight excluding hydrogens is 386 g/mol. The van der Waals surface area contributed by atoms with Crippen LogP contribution in [0.2, 0.25) is 0 Å². The lowest BCUT2D eigenvalue weighted by Crippen LogP contribution is -2.04. The van der Waals surface area contributed by atoms with Gasteiger partial charge in [0.2, 0.25) is 0 Å². The maximum Gasteiger partial charge on any atom is 0.266 e. The van der Waals surface area contributed by atoms with Gasteiger partial charge in [-0.2, -0.15) is 0 Å². The van der Waals surface area contributed by atoms with E-state index in [9.17, 15) is 4.79 Å². The molecule has 7 aromatic rings. The number of fused-ring (bicyclic) bond motifs is 12. The molecule has 0 bridgehead atoms. The van der Waals surface area contributed by atoms with Crippen molar-refractivity contribution in [1.29, 1.82) is 0 Å². The highest BCUT2D eigenvalue weighted by Crippen LogP contribution is 2.45. The zero-order chi connectivity index (χ0) is 19.8. The fraction of sp³-hybridized carbons (Fsp3) is 0. The number of hydrogen-bond acceptors (Lipinski definition) is 2. The molecular formula is C27H15NOS. The number of hydrogen-bond donors (Lipinski definition) is 1.